The quantitative estimate of drug-likeness (QED) is 0.746. The van der Waals surface area contributed by atoms with Gasteiger partial charge in [-0.1, -0.05) is 18.2 Å². The fraction of sp³-hybridized carbons (Fsp3) is 0.565. The fourth-order valence-corrected chi connectivity index (χ4v) is 5.63. The molecule has 5 heteroatoms. The Morgan fingerprint density at radius 1 is 0.786 bits per heavy atom. The van der Waals surface area contributed by atoms with Crippen LogP contribution in [0.2, 0.25) is 0 Å². The zero-order valence-electron chi connectivity index (χ0n) is 16.6. The molecule has 1 aliphatic heterocycles. The first-order chi connectivity index (χ1) is 13.7. The molecule has 2 unspecified atom stereocenters. The minimum absolute atomic E-state index is 0.344. The summed E-state index contributed by atoms with van der Waals surface area (Å²) in [6.07, 6.45) is 5.55. The SMILES string of the molecule is Oc1c2c(c(O)n1CCCCN1CCN(c3ccccc3)CC1)C1CCC2C1. The van der Waals surface area contributed by atoms with Crippen molar-refractivity contribution in [2.75, 3.05) is 37.6 Å². The van der Waals surface area contributed by atoms with Crippen molar-refractivity contribution in [2.45, 2.75) is 50.5 Å². The van der Waals surface area contributed by atoms with Gasteiger partial charge in [0.15, 0.2) is 11.8 Å². The van der Waals surface area contributed by atoms with Gasteiger partial charge in [-0.05, 0) is 62.6 Å². The second kappa shape index (κ2) is 7.36. The van der Waals surface area contributed by atoms with Gasteiger partial charge in [-0.15, -0.1) is 0 Å². The standard InChI is InChI=1S/C23H31N3O2/c27-22-20-17-8-9-18(16-17)21(20)23(28)26(22)11-5-4-10-24-12-14-25(15-13-24)19-6-2-1-3-7-19/h1-3,6-7,17-18,27-28H,4-5,8-16H2. The highest BCUT2D eigenvalue weighted by Crippen LogP contribution is 2.59. The van der Waals surface area contributed by atoms with Crippen LogP contribution in [0.5, 0.6) is 11.8 Å². The van der Waals surface area contributed by atoms with Crippen molar-refractivity contribution in [3.8, 4) is 11.8 Å². The maximum Gasteiger partial charge on any atom is 0.197 e. The van der Waals surface area contributed by atoms with E-state index in [-0.39, 0.29) is 0 Å². The number of anilines is 1. The molecule has 1 aromatic heterocycles. The van der Waals surface area contributed by atoms with E-state index < -0.39 is 0 Å². The molecule has 2 atom stereocenters. The van der Waals surface area contributed by atoms with Crippen LogP contribution in [0, 0.1) is 0 Å². The predicted octanol–water partition coefficient (Wildman–Crippen LogP) is 3.87. The van der Waals surface area contributed by atoms with E-state index in [1.807, 2.05) is 0 Å². The monoisotopic (exact) mass is 381 g/mol. The molecule has 28 heavy (non-hydrogen) atoms. The molecule has 2 bridgehead atoms. The molecular formula is C23H31N3O2. The van der Waals surface area contributed by atoms with Crippen LogP contribution in [-0.4, -0.2) is 52.4 Å². The summed E-state index contributed by atoms with van der Waals surface area (Å²) in [5.41, 5.74) is 3.44. The van der Waals surface area contributed by atoms with Crippen molar-refractivity contribution < 1.29 is 10.2 Å². The van der Waals surface area contributed by atoms with Gasteiger partial charge in [-0.3, -0.25) is 9.47 Å². The van der Waals surface area contributed by atoms with Crippen molar-refractivity contribution in [2.24, 2.45) is 0 Å². The second-order valence-electron chi connectivity index (χ2n) is 8.70. The van der Waals surface area contributed by atoms with E-state index in [4.69, 9.17) is 0 Å². The Bertz CT molecular complexity index is 791. The van der Waals surface area contributed by atoms with Gasteiger partial charge in [0.1, 0.15) is 0 Å². The second-order valence-corrected chi connectivity index (χ2v) is 8.70. The number of hydrogen-bond donors (Lipinski definition) is 2. The van der Waals surface area contributed by atoms with Crippen molar-refractivity contribution in [1.29, 1.82) is 0 Å². The molecule has 5 rings (SSSR count). The van der Waals surface area contributed by atoms with Crippen LogP contribution in [0.3, 0.4) is 0 Å². The zero-order chi connectivity index (χ0) is 19.1. The van der Waals surface area contributed by atoms with Gasteiger partial charge in [0.2, 0.25) is 0 Å². The summed E-state index contributed by atoms with van der Waals surface area (Å²) in [7, 11) is 0. The first-order valence-electron chi connectivity index (χ1n) is 10.9. The first kappa shape index (κ1) is 17.9. The molecule has 2 N–H and O–H groups in total. The van der Waals surface area contributed by atoms with Gasteiger partial charge in [0.05, 0.1) is 0 Å². The number of piperazine rings is 1. The van der Waals surface area contributed by atoms with Crippen molar-refractivity contribution in [1.82, 2.24) is 9.47 Å². The van der Waals surface area contributed by atoms with E-state index in [1.165, 1.54) is 18.5 Å². The largest absolute Gasteiger partial charge is 0.494 e. The van der Waals surface area contributed by atoms with Gasteiger partial charge >= 0.3 is 0 Å². The summed E-state index contributed by atoms with van der Waals surface area (Å²) in [6, 6.07) is 10.7. The molecule has 1 saturated carbocycles. The number of fused-ring (bicyclic) bond motifs is 5. The highest BCUT2D eigenvalue weighted by atomic mass is 16.3. The normalized spacial score (nSPS) is 24.1. The fourth-order valence-electron chi connectivity index (χ4n) is 5.63. The molecule has 0 spiro atoms. The third-order valence-corrected chi connectivity index (χ3v) is 7.13. The number of hydrogen-bond acceptors (Lipinski definition) is 4. The molecule has 1 saturated heterocycles. The molecule has 150 valence electrons. The summed E-state index contributed by atoms with van der Waals surface area (Å²) in [6.45, 7) is 6.18. The lowest BCUT2D eigenvalue weighted by molar-refractivity contribution is 0.249. The third kappa shape index (κ3) is 3.06. The number of benzene rings is 1. The van der Waals surface area contributed by atoms with Crippen LogP contribution in [0.25, 0.3) is 0 Å². The third-order valence-electron chi connectivity index (χ3n) is 7.13. The van der Waals surface area contributed by atoms with Crippen molar-refractivity contribution in [3.05, 3.63) is 41.5 Å². The number of rotatable bonds is 6. The van der Waals surface area contributed by atoms with Crippen molar-refractivity contribution in [3.63, 3.8) is 0 Å². The molecule has 2 heterocycles. The van der Waals surface area contributed by atoms with Crippen LogP contribution in [0.4, 0.5) is 5.69 Å². The van der Waals surface area contributed by atoms with Gasteiger partial charge in [0, 0.05) is 49.5 Å². The molecule has 5 nitrogen and oxygen atoms in total. The Morgan fingerprint density at radius 2 is 1.39 bits per heavy atom. The van der Waals surface area contributed by atoms with Gasteiger partial charge in [0.25, 0.3) is 0 Å². The number of para-hydroxylation sites is 1. The van der Waals surface area contributed by atoms with Gasteiger partial charge in [-0.2, -0.15) is 0 Å². The van der Waals surface area contributed by atoms with Crippen molar-refractivity contribution >= 4 is 5.69 Å². The lowest BCUT2D eigenvalue weighted by Gasteiger charge is -2.36. The Balaban J connectivity index is 1.10. The lowest BCUT2D eigenvalue weighted by atomic mass is 9.95. The van der Waals surface area contributed by atoms with Crippen LogP contribution < -0.4 is 4.90 Å². The van der Waals surface area contributed by atoms with Gasteiger partial charge < -0.3 is 15.1 Å². The Kier molecular flexibility index (Phi) is 4.71. The molecule has 1 aromatic carbocycles. The minimum Gasteiger partial charge on any atom is -0.494 e. The molecule has 2 aromatic rings. The Morgan fingerprint density at radius 3 is 2.04 bits per heavy atom. The molecule has 0 radical (unpaired) electrons. The van der Waals surface area contributed by atoms with E-state index in [1.54, 1.807) is 4.57 Å². The van der Waals surface area contributed by atoms with E-state index in [0.717, 1.165) is 63.1 Å². The van der Waals surface area contributed by atoms with Crippen LogP contribution in [0.1, 0.15) is 55.1 Å². The molecule has 0 amide bonds. The molecule has 2 fully saturated rings. The van der Waals surface area contributed by atoms with E-state index >= 15 is 0 Å². The number of aromatic hydroxyl groups is 2. The average Bonchev–Trinajstić information content (AvgIpc) is 3.41. The Hall–Kier alpha value is -2.14. The van der Waals surface area contributed by atoms with Crippen LogP contribution in [0.15, 0.2) is 30.3 Å². The molecule has 3 aliphatic rings. The smallest absolute Gasteiger partial charge is 0.197 e. The van der Waals surface area contributed by atoms with E-state index in [9.17, 15) is 10.2 Å². The number of nitrogens with zero attached hydrogens (tertiary/aromatic N) is 3. The van der Waals surface area contributed by atoms with Crippen LogP contribution >= 0.6 is 0 Å². The molecule has 2 aliphatic carbocycles. The van der Waals surface area contributed by atoms with E-state index in [2.05, 4.69) is 40.1 Å². The summed E-state index contributed by atoms with van der Waals surface area (Å²) >= 11 is 0. The summed E-state index contributed by atoms with van der Waals surface area (Å²) < 4.78 is 1.77. The average molecular weight is 382 g/mol. The predicted molar refractivity (Wildman–Crippen MR) is 111 cm³/mol. The maximum atomic E-state index is 10.6. The topological polar surface area (TPSA) is 51.9 Å². The lowest BCUT2D eigenvalue weighted by Crippen LogP contribution is -2.46. The zero-order valence-corrected chi connectivity index (χ0v) is 16.6. The summed E-state index contributed by atoms with van der Waals surface area (Å²) in [4.78, 5) is 5.00. The highest BCUT2D eigenvalue weighted by Gasteiger charge is 2.43. The highest BCUT2D eigenvalue weighted by molar-refractivity contribution is 5.54. The van der Waals surface area contributed by atoms with E-state index in [0.29, 0.717) is 30.1 Å². The van der Waals surface area contributed by atoms with Crippen LogP contribution in [-0.2, 0) is 6.54 Å². The van der Waals surface area contributed by atoms with Gasteiger partial charge in [-0.25, -0.2) is 0 Å². The first-order valence-corrected chi connectivity index (χ1v) is 10.9. The number of aromatic nitrogens is 1. The summed E-state index contributed by atoms with van der Waals surface area (Å²) in [5.74, 6) is 1.65. The maximum absolute atomic E-state index is 10.6. The Labute approximate surface area is 167 Å². The summed E-state index contributed by atoms with van der Waals surface area (Å²) in [5, 5.41) is 21.3. The number of unbranched alkanes of at least 4 members (excludes halogenated alkanes) is 1. The molecular weight excluding hydrogens is 350 g/mol. The minimum atomic E-state index is 0.344.